The number of benzene rings is 3. The second-order valence-electron chi connectivity index (χ2n) is 8.33. The summed E-state index contributed by atoms with van der Waals surface area (Å²) in [6.45, 7) is 3.00. The fourth-order valence-electron chi connectivity index (χ4n) is 4.07. The third-order valence-electron chi connectivity index (χ3n) is 5.95. The maximum Gasteiger partial charge on any atom is 0.253 e. The van der Waals surface area contributed by atoms with E-state index in [1.165, 1.54) is 22.5 Å². The van der Waals surface area contributed by atoms with Gasteiger partial charge >= 0.3 is 0 Å². The van der Waals surface area contributed by atoms with Gasteiger partial charge in [0.2, 0.25) is 10.0 Å². The number of piperidine rings is 1. The molecule has 1 N–H and O–H groups in total. The number of sulfonamides is 1. The molecular weight excluding hydrogens is 456 g/mol. The highest BCUT2D eigenvalue weighted by Gasteiger charge is 2.28. The Morgan fingerprint density at radius 1 is 0.909 bits per heavy atom. The molecule has 33 heavy (non-hydrogen) atoms. The van der Waals surface area contributed by atoms with Gasteiger partial charge in [0.25, 0.3) is 5.91 Å². The van der Waals surface area contributed by atoms with Crippen molar-refractivity contribution in [3.8, 4) is 0 Å². The molecule has 0 aliphatic carbocycles. The van der Waals surface area contributed by atoms with Crippen molar-refractivity contribution in [2.24, 2.45) is 0 Å². The van der Waals surface area contributed by atoms with Crippen molar-refractivity contribution in [2.45, 2.75) is 37.1 Å². The molecule has 0 bridgehead atoms. The van der Waals surface area contributed by atoms with Crippen molar-refractivity contribution in [3.05, 3.63) is 100 Å². The molecule has 1 fully saturated rings. The van der Waals surface area contributed by atoms with E-state index in [2.05, 4.69) is 5.32 Å². The van der Waals surface area contributed by atoms with E-state index in [4.69, 9.17) is 11.6 Å². The molecule has 3 aromatic carbocycles. The maximum absolute atomic E-state index is 13.3. The first-order valence-electron chi connectivity index (χ1n) is 11.1. The molecule has 1 aliphatic rings. The van der Waals surface area contributed by atoms with E-state index in [0.717, 1.165) is 36.0 Å². The first-order chi connectivity index (χ1) is 15.9. The first kappa shape index (κ1) is 23.5. The Bertz CT molecular complexity index is 1220. The van der Waals surface area contributed by atoms with Gasteiger partial charge in [-0.2, -0.15) is 4.31 Å². The van der Waals surface area contributed by atoms with Gasteiger partial charge < -0.3 is 5.32 Å². The van der Waals surface area contributed by atoms with E-state index in [1.807, 2.05) is 61.5 Å². The topological polar surface area (TPSA) is 66.5 Å². The number of nitrogens with one attached hydrogen (secondary N) is 1. The summed E-state index contributed by atoms with van der Waals surface area (Å²) in [5, 5.41) is 3.26. The van der Waals surface area contributed by atoms with Gasteiger partial charge in [-0.25, -0.2) is 8.42 Å². The fraction of sp³-hybridized carbons (Fsp3) is 0.269. The Hall–Kier alpha value is -2.67. The number of nitrogens with zero attached hydrogens (tertiary/aromatic N) is 1. The second kappa shape index (κ2) is 10.1. The molecular formula is C26H27ClN2O3S. The lowest BCUT2D eigenvalue weighted by Crippen LogP contribution is -2.36. The average molecular weight is 483 g/mol. The lowest BCUT2D eigenvalue weighted by Gasteiger charge is -2.26. The minimum absolute atomic E-state index is 0.0885. The van der Waals surface area contributed by atoms with Crippen LogP contribution in [0.2, 0.25) is 5.02 Å². The summed E-state index contributed by atoms with van der Waals surface area (Å²) in [6, 6.07) is 21.5. The van der Waals surface area contributed by atoms with Crippen LogP contribution in [0.3, 0.4) is 0 Å². The quantitative estimate of drug-likeness (QED) is 0.515. The van der Waals surface area contributed by atoms with Crippen molar-refractivity contribution < 1.29 is 13.2 Å². The largest absolute Gasteiger partial charge is 0.341 e. The SMILES string of the molecule is Cc1ccc([C@@H](NC(=O)c2cc(S(=O)(=O)N3CCCCC3)ccc2Cl)c2ccccc2)cc1. The zero-order chi connectivity index (χ0) is 23.4. The molecule has 3 aromatic rings. The van der Waals surface area contributed by atoms with Gasteiger partial charge in [-0.05, 0) is 49.1 Å². The summed E-state index contributed by atoms with van der Waals surface area (Å²) >= 11 is 6.35. The molecule has 172 valence electrons. The van der Waals surface area contributed by atoms with E-state index in [-0.39, 0.29) is 15.5 Å². The highest BCUT2D eigenvalue weighted by Crippen LogP contribution is 2.27. The van der Waals surface area contributed by atoms with Crippen LogP contribution in [0.4, 0.5) is 0 Å². The van der Waals surface area contributed by atoms with Crippen LogP contribution in [0.15, 0.2) is 77.7 Å². The predicted molar refractivity (Wildman–Crippen MR) is 131 cm³/mol. The van der Waals surface area contributed by atoms with E-state index >= 15 is 0 Å². The van der Waals surface area contributed by atoms with E-state index in [1.54, 1.807) is 0 Å². The fourth-order valence-corrected chi connectivity index (χ4v) is 5.81. The van der Waals surface area contributed by atoms with Gasteiger partial charge in [-0.3, -0.25) is 4.79 Å². The summed E-state index contributed by atoms with van der Waals surface area (Å²) < 4.78 is 27.7. The molecule has 0 saturated carbocycles. The zero-order valence-electron chi connectivity index (χ0n) is 18.5. The number of rotatable bonds is 6. The number of carbonyl (C=O) groups is 1. The monoisotopic (exact) mass is 482 g/mol. The first-order valence-corrected chi connectivity index (χ1v) is 12.9. The Balaban J connectivity index is 1.66. The lowest BCUT2D eigenvalue weighted by molar-refractivity contribution is 0.0943. The number of aryl methyl sites for hydroxylation is 1. The highest BCUT2D eigenvalue weighted by atomic mass is 35.5. The van der Waals surface area contributed by atoms with Crippen LogP contribution >= 0.6 is 11.6 Å². The van der Waals surface area contributed by atoms with Crippen LogP contribution in [-0.2, 0) is 10.0 Å². The van der Waals surface area contributed by atoms with Crippen LogP contribution in [0.1, 0.15) is 52.4 Å². The zero-order valence-corrected chi connectivity index (χ0v) is 20.1. The van der Waals surface area contributed by atoms with Gasteiger partial charge in [-0.15, -0.1) is 0 Å². The molecule has 0 unspecified atom stereocenters. The molecule has 4 rings (SSSR count). The van der Waals surface area contributed by atoms with Gasteiger partial charge in [0, 0.05) is 13.1 Å². The van der Waals surface area contributed by atoms with Crippen molar-refractivity contribution in [1.82, 2.24) is 9.62 Å². The Labute approximate surface area is 200 Å². The lowest BCUT2D eigenvalue weighted by atomic mass is 9.97. The molecule has 0 aromatic heterocycles. The Kier molecular flexibility index (Phi) is 7.17. The van der Waals surface area contributed by atoms with Crippen LogP contribution < -0.4 is 5.32 Å². The van der Waals surface area contributed by atoms with Crippen molar-refractivity contribution >= 4 is 27.5 Å². The Morgan fingerprint density at radius 3 is 2.21 bits per heavy atom. The molecule has 0 spiro atoms. The van der Waals surface area contributed by atoms with Gasteiger partial charge in [0.05, 0.1) is 21.5 Å². The van der Waals surface area contributed by atoms with E-state index in [0.29, 0.717) is 13.1 Å². The minimum atomic E-state index is -3.68. The number of hydrogen-bond acceptors (Lipinski definition) is 3. The third kappa shape index (κ3) is 5.29. The molecule has 0 radical (unpaired) electrons. The normalized spacial score (nSPS) is 15.7. The van der Waals surface area contributed by atoms with Crippen LogP contribution in [0.5, 0.6) is 0 Å². The molecule has 1 aliphatic heterocycles. The summed E-state index contributed by atoms with van der Waals surface area (Å²) in [6.07, 6.45) is 2.71. The number of halogens is 1. The maximum atomic E-state index is 13.3. The molecule has 1 heterocycles. The Morgan fingerprint density at radius 2 is 1.55 bits per heavy atom. The van der Waals surface area contributed by atoms with Crippen molar-refractivity contribution in [2.75, 3.05) is 13.1 Å². The molecule has 1 atom stereocenters. The second-order valence-corrected chi connectivity index (χ2v) is 10.7. The standard InChI is InChI=1S/C26H27ClN2O3S/c1-19-10-12-21(13-11-19)25(20-8-4-2-5-9-20)28-26(30)23-18-22(14-15-24(23)27)33(31,32)29-16-6-3-7-17-29/h2,4-5,8-15,18,25H,3,6-7,16-17H2,1H3,(H,28,30)/t25-/m0/s1. The smallest absolute Gasteiger partial charge is 0.253 e. The predicted octanol–water partition coefficient (Wildman–Crippen LogP) is 5.34. The van der Waals surface area contributed by atoms with Crippen molar-refractivity contribution in [3.63, 3.8) is 0 Å². The number of amides is 1. The molecule has 7 heteroatoms. The average Bonchev–Trinajstić information content (AvgIpc) is 2.84. The molecule has 5 nitrogen and oxygen atoms in total. The molecule has 1 saturated heterocycles. The van der Waals surface area contributed by atoms with Gasteiger partial charge in [0.1, 0.15) is 0 Å². The van der Waals surface area contributed by atoms with Crippen LogP contribution in [0, 0.1) is 6.92 Å². The van der Waals surface area contributed by atoms with Crippen molar-refractivity contribution in [1.29, 1.82) is 0 Å². The van der Waals surface area contributed by atoms with Crippen LogP contribution in [0.25, 0.3) is 0 Å². The molecule has 1 amide bonds. The summed E-state index contributed by atoms with van der Waals surface area (Å²) in [4.78, 5) is 13.4. The van der Waals surface area contributed by atoms with Gasteiger partial charge in [-0.1, -0.05) is 78.2 Å². The summed E-state index contributed by atoms with van der Waals surface area (Å²) in [5.41, 5.74) is 3.11. The van der Waals surface area contributed by atoms with E-state index in [9.17, 15) is 13.2 Å². The minimum Gasteiger partial charge on any atom is -0.341 e. The number of carbonyl (C=O) groups excluding carboxylic acids is 1. The summed E-state index contributed by atoms with van der Waals surface area (Å²) in [7, 11) is -3.68. The van der Waals surface area contributed by atoms with E-state index < -0.39 is 22.0 Å². The third-order valence-corrected chi connectivity index (χ3v) is 8.18. The van der Waals surface area contributed by atoms with Crippen LogP contribution in [-0.4, -0.2) is 31.7 Å². The summed E-state index contributed by atoms with van der Waals surface area (Å²) in [5.74, 6) is -0.426. The van der Waals surface area contributed by atoms with Gasteiger partial charge in [0.15, 0.2) is 0 Å². The highest BCUT2D eigenvalue weighted by molar-refractivity contribution is 7.89. The number of hydrogen-bond donors (Lipinski definition) is 1.